The van der Waals surface area contributed by atoms with Gasteiger partial charge in [-0.2, -0.15) is 0 Å². The van der Waals surface area contributed by atoms with E-state index in [2.05, 4.69) is 11.1 Å². The van der Waals surface area contributed by atoms with E-state index in [4.69, 9.17) is 11.5 Å². The van der Waals surface area contributed by atoms with E-state index in [1.165, 1.54) is 24.1 Å². The molecule has 0 amide bonds. The molecule has 0 spiro atoms. The smallest absolute Gasteiger partial charge is 0.0481 e. The number of pyridine rings is 1. The number of rotatable bonds is 4. The van der Waals surface area contributed by atoms with Crippen LogP contribution in [0.3, 0.4) is 0 Å². The van der Waals surface area contributed by atoms with Crippen LogP contribution in [0.25, 0.3) is 0 Å². The molecule has 0 saturated carbocycles. The normalized spacial score (nSPS) is 21.5. The highest BCUT2D eigenvalue weighted by Crippen LogP contribution is 2.32. The van der Waals surface area contributed by atoms with Crippen LogP contribution in [0.5, 0.6) is 0 Å². The fourth-order valence-electron chi connectivity index (χ4n) is 2.62. The van der Waals surface area contributed by atoms with Gasteiger partial charge in [0.05, 0.1) is 0 Å². The van der Waals surface area contributed by atoms with Crippen LogP contribution >= 0.6 is 0 Å². The lowest BCUT2D eigenvalue weighted by molar-refractivity contribution is 0.426. The minimum absolute atomic E-state index is 0.220. The molecule has 1 heterocycles. The fraction of sp³-hybridized carbons (Fsp3) is 0.615. The Balaban J connectivity index is 2.12. The largest absolute Gasteiger partial charge is 0.330 e. The Labute approximate surface area is 97.2 Å². The van der Waals surface area contributed by atoms with Crippen molar-refractivity contribution in [3.63, 3.8) is 0 Å². The first-order chi connectivity index (χ1) is 7.83. The van der Waals surface area contributed by atoms with E-state index in [9.17, 15) is 0 Å². The standard InChI is InChI=1S/C13H21N3/c14-8-2-7-12(15)11-6-1-4-10-5-3-9-16-13(10)11/h3,5,9,11-12H,1-2,4,6-8,14-15H2/t11?,12-/m1/s1. The first-order valence-corrected chi connectivity index (χ1v) is 6.22. The Bertz CT molecular complexity index is 338. The van der Waals surface area contributed by atoms with Gasteiger partial charge < -0.3 is 11.5 Å². The van der Waals surface area contributed by atoms with Crippen molar-refractivity contribution in [1.82, 2.24) is 4.98 Å². The molecule has 88 valence electrons. The molecule has 4 N–H and O–H groups in total. The van der Waals surface area contributed by atoms with Gasteiger partial charge in [0.2, 0.25) is 0 Å². The molecule has 3 heteroatoms. The van der Waals surface area contributed by atoms with Crippen molar-refractivity contribution in [2.45, 2.75) is 44.1 Å². The first-order valence-electron chi connectivity index (χ1n) is 6.22. The lowest BCUT2D eigenvalue weighted by Gasteiger charge is -2.29. The summed E-state index contributed by atoms with van der Waals surface area (Å²) >= 11 is 0. The third kappa shape index (κ3) is 2.42. The Morgan fingerprint density at radius 3 is 3.19 bits per heavy atom. The summed E-state index contributed by atoms with van der Waals surface area (Å²) in [6.07, 6.45) is 7.47. The zero-order valence-electron chi connectivity index (χ0n) is 9.73. The highest BCUT2D eigenvalue weighted by Gasteiger charge is 2.26. The van der Waals surface area contributed by atoms with E-state index in [0.717, 1.165) is 25.8 Å². The van der Waals surface area contributed by atoms with Crippen molar-refractivity contribution in [1.29, 1.82) is 0 Å². The van der Waals surface area contributed by atoms with Gasteiger partial charge >= 0.3 is 0 Å². The third-order valence-electron chi connectivity index (χ3n) is 3.50. The van der Waals surface area contributed by atoms with Gasteiger partial charge in [-0.25, -0.2) is 0 Å². The summed E-state index contributed by atoms with van der Waals surface area (Å²) < 4.78 is 0. The Hall–Kier alpha value is -0.930. The van der Waals surface area contributed by atoms with Crippen molar-refractivity contribution in [2.24, 2.45) is 11.5 Å². The zero-order chi connectivity index (χ0) is 11.4. The third-order valence-corrected chi connectivity index (χ3v) is 3.50. The molecule has 0 fully saturated rings. The highest BCUT2D eigenvalue weighted by atomic mass is 14.7. The van der Waals surface area contributed by atoms with Crippen molar-refractivity contribution in [3.8, 4) is 0 Å². The van der Waals surface area contributed by atoms with Gasteiger partial charge in [0.1, 0.15) is 0 Å². The van der Waals surface area contributed by atoms with Crippen LogP contribution in [0.2, 0.25) is 0 Å². The van der Waals surface area contributed by atoms with E-state index < -0.39 is 0 Å². The van der Waals surface area contributed by atoms with Gasteiger partial charge in [0.25, 0.3) is 0 Å². The van der Waals surface area contributed by atoms with Gasteiger partial charge in [0, 0.05) is 23.9 Å². The molecule has 0 bridgehead atoms. The number of aromatic nitrogens is 1. The summed E-state index contributed by atoms with van der Waals surface area (Å²) in [5.74, 6) is 0.441. The molecule has 1 aromatic heterocycles. The molecule has 3 nitrogen and oxygen atoms in total. The second-order valence-electron chi connectivity index (χ2n) is 4.64. The van der Waals surface area contributed by atoms with Crippen LogP contribution in [-0.2, 0) is 6.42 Å². The molecule has 1 aliphatic carbocycles. The summed E-state index contributed by atoms with van der Waals surface area (Å²) in [7, 11) is 0. The van der Waals surface area contributed by atoms with Gasteiger partial charge in [-0.15, -0.1) is 0 Å². The summed E-state index contributed by atoms with van der Waals surface area (Å²) in [6, 6.07) is 4.43. The molecule has 0 saturated heterocycles. The maximum atomic E-state index is 6.25. The maximum Gasteiger partial charge on any atom is 0.0481 e. The summed E-state index contributed by atoms with van der Waals surface area (Å²) in [5, 5.41) is 0. The minimum atomic E-state index is 0.220. The monoisotopic (exact) mass is 219 g/mol. The van der Waals surface area contributed by atoms with Crippen molar-refractivity contribution in [3.05, 3.63) is 29.6 Å². The molecule has 1 aliphatic rings. The number of nitrogens with two attached hydrogens (primary N) is 2. The summed E-state index contributed by atoms with van der Waals surface area (Å²) in [5.41, 5.74) is 14.4. The fourth-order valence-corrected chi connectivity index (χ4v) is 2.62. The van der Waals surface area contributed by atoms with E-state index in [1.54, 1.807) is 0 Å². The highest BCUT2D eigenvalue weighted by molar-refractivity contribution is 5.27. The number of hydrogen-bond donors (Lipinski definition) is 2. The Morgan fingerprint density at radius 2 is 2.38 bits per heavy atom. The van der Waals surface area contributed by atoms with Crippen molar-refractivity contribution >= 4 is 0 Å². The number of fused-ring (bicyclic) bond motifs is 1. The lowest BCUT2D eigenvalue weighted by Crippen LogP contribution is -2.32. The van der Waals surface area contributed by atoms with Crippen molar-refractivity contribution in [2.75, 3.05) is 6.54 Å². The molecule has 1 unspecified atom stereocenters. The first kappa shape index (κ1) is 11.6. The second-order valence-corrected chi connectivity index (χ2v) is 4.64. The molecular weight excluding hydrogens is 198 g/mol. The van der Waals surface area contributed by atoms with Crippen LogP contribution in [0.1, 0.15) is 42.9 Å². The van der Waals surface area contributed by atoms with Crippen LogP contribution in [-0.4, -0.2) is 17.6 Å². The summed E-state index contributed by atoms with van der Waals surface area (Å²) in [6.45, 7) is 0.732. The molecule has 0 aromatic carbocycles. The van der Waals surface area contributed by atoms with E-state index >= 15 is 0 Å². The quantitative estimate of drug-likeness (QED) is 0.808. The number of nitrogens with zero attached hydrogens (tertiary/aromatic N) is 1. The van der Waals surface area contributed by atoms with Crippen LogP contribution in [0.15, 0.2) is 18.3 Å². The molecule has 0 aliphatic heterocycles. The predicted octanol–water partition coefficient (Wildman–Crippen LogP) is 1.57. The predicted molar refractivity (Wildman–Crippen MR) is 66.2 cm³/mol. The average Bonchev–Trinajstić information content (AvgIpc) is 2.35. The molecule has 2 atom stereocenters. The van der Waals surface area contributed by atoms with Gasteiger partial charge in [0.15, 0.2) is 0 Å². The lowest BCUT2D eigenvalue weighted by atomic mass is 9.81. The minimum Gasteiger partial charge on any atom is -0.330 e. The van der Waals surface area contributed by atoms with Gasteiger partial charge in [-0.3, -0.25) is 4.98 Å². The Morgan fingerprint density at radius 1 is 1.50 bits per heavy atom. The van der Waals surface area contributed by atoms with Gasteiger partial charge in [-0.1, -0.05) is 6.07 Å². The second kappa shape index (κ2) is 5.41. The Kier molecular flexibility index (Phi) is 3.91. The van der Waals surface area contributed by atoms with E-state index in [0.29, 0.717) is 5.92 Å². The van der Waals surface area contributed by atoms with E-state index in [-0.39, 0.29) is 6.04 Å². The van der Waals surface area contributed by atoms with Crippen molar-refractivity contribution < 1.29 is 0 Å². The average molecular weight is 219 g/mol. The summed E-state index contributed by atoms with van der Waals surface area (Å²) in [4.78, 5) is 4.52. The maximum absolute atomic E-state index is 6.25. The van der Waals surface area contributed by atoms with Gasteiger partial charge in [-0.05, 0) is 50.3 Å². The van der Waals surface area contributed by atoms with Crippen LogP contribution < -0.4 is 11.5 Å². The zero-order valence-corrected chi connectivity index (χ0v) is 9.73. The van der Waals surface area contributed by atoms with Crippen LogP contribution in [0.4, 0.5) is 0 Å². The molecular formula is C13H21N3. The number of aryl methyl sites for hydroxylation is 1. The molecule has 0 radical (unpaired) electrons. The topological polar surface area (TPSA) is 64.9 Å². The SMILES string of the molecule is NCCC[C@@H](N)C1CCCc2cccnc21. The molecule has 16 heavy (non-hydrogen) atoms. The molecule has 2 rings (SSSR count). The van der Waals surface area contributed by atoms with E-state index in [1.807, 2.05) is 12.3 Å². The molecule has 1 aromatic rings. The van der Waals surface area contributed by atoms with Crippen LogP contribution in [0, 0.1) is 0 Å². The number of hydrogen-bond acceptors (Lipinski definition) is 3.